The molecule has 0 radical (unpaired) electrons. The molecule has 5 rings (SSSR count). The Kier molecular flexibility index (Phi) is 4.71. The Labute approximate surface area is 173 Å². The summed E-state index contributed by atoms with van der Waals surface area (Å²) >= 11 is 0. The Bertz CT molecular complexity index is 1170. The summed E-state index contributed by atoms with van der Waals surface area (Å²) in [4.78, 5) is 14.2. The summed E-state index contributed by atoms with van der Waals surface area (Å²) in [5.74, 6) is 0.0964. The highest BCUT2D eigenvalue weighted by Crippen LogP contribution is 2.33. The number of halogens is 1. The number of pyridine rings is 2. The molecule has 4 aromatic rings. The number of hydrogen-bond acceptors (Lipinski definition) is 5. The fraction of sp³-hybridized carbons (Fsp3) is 0.318. The smallest absolute Gasteiger partial charge is 0.240 e. The molecular formula is C22H23FN6O. The number of nitrogens with one attached hydrogen (secondary N) is 1. The standard InChI is InChI=1S/C22H23FN6O/c1-28-7-5-16(6-8-28)29-13-19(21(23)27-29)15-9-17-18(12-26-22(17)25-11-15)14-3-4-20(30-2)24-10-14/h3-4,9-13,16H,5-8H2,1-2H3,(H,25,26). The van der Waals surface area contributed by atoms with Gasteiger partial charge in [-0.25, -0.2) is 9.97 Å². The van der Waals surface area contributed by atoms with Gasteiger partial charge in [0.25, 0.3) is 0 Å². The van der Waals surface area contributed by atoms with E-state index in [1.807, 2.05) is 30.6 Å². The van der Waals surface area contributed by atoms with Gasteiger partial charge in [0.15, 0.2) is 0 Å². The molecule has 1 N–H and O–H groups in total. The Balaban J connectivity index is 1.51. The molecule has 0 aromatic carbocycles. The van der Waals surface area contributed by atoms with Crippen LogP contribution in [-0.4, -0.2) is 56.9 Å². The van der Waals surface area contributed by atoms with Gasteiger partial charge in [0.1, 0.15) is 5.65 Å². The first-order valence-corrected chi connectivity index (χ1v) is 10.0. The first-order chi connectivity index (χ1) is 14.6. The van der Waals surface area contributed by atoms with Gasteiger partial charge < -0.3 is 14.6 Å². The molecular weight excluding hydrogens is 383 g/mol. The molecule has 0 spiro atoms. The van der Waals surface area contributed by atoms with Gasteiger partial charge in [0, 0.05) is 52.9 Å². The lowest BCUT2D eigenvalue weighted by Gasteiger charge is -2.28. The van der Waals surface area contributed by atoms with E-state index in [1.165, 1.54) is 0 Å². The average molecular weight is 406 g/mol. The van der Waals surface area contributed by atoms with Crippen LogP contribution in [-0.2, 0) is 0 Å². The van der Waals surface area contributed by atoms with E-state index in [-0.39, 0.29) is 6.04 Å². The summed E-state index contributed by atoms with van der Waals surface area (Å²) in [6.07, 6.45) is 9.10. The minimum atomic E-state index is -0.460. The van der Waals surface area contributed by atoms with Crippen LogP contribution in [0.15, 0.2) is 43.0 Å². The van der Waals surface area contributed by atoms with Crippen molar-refractivity contribution in [1.82, 2.24) is 29.6 Å². The zero-order chi connectivity index (χ0) is 20.7. The second-order valence-corrected chi connectivity index (χ2v) is 7.76. The van der Waals surface area contributed by atoms with Crippen molar-refractivity contribution >= 4 is 11.0 Å². The Morgan fingerprint density at radius 3 is 2.63 bits per heavy atom. The number of methoxy groups -OCH3 is 1. The van der Waals surface area contributed by atoms with E-state index in [2.05, 4.69) is 32.0 Å². The average Bonchev–Trinajstić information content (AvgIpc) is 3.37. The van der Waals surface area contributed by atoms with E-state index >= 15 is 0 Å². The van der Waals surface area contributed by atoms with E-state index in [9.17, 15) is 4.39 Å². The lowest BCUT2D eigenvalue weighted by atomic mass is 10.0. The van der Waals surface area contributed by atoms with Gasteiger partial charge in [-0.2, -0.15) is 4.39 Å². The highest BCUT2D eigenvalue weighted by atomic mass is 19.1. The SMILES string of the molecule is COc1ccc(-c2c[nH]c3ncc(-c4cn(C5CCN(C)CC5)nc4F)cc23)cn1. The summed E-state index contributed by atoms with van der Waals surface area (Å²) in [6.45, 7) is 2.00. The molecule has 1 fully saturated rings. The predicted molar refractivity (Wildman–Crippen MR) is 113 cm³/mol. The minimum absolute atomic E-state index is 0.231. The molecule has 0 atom stereocenters. The van der Waals surface area contributed by atoms with Gasteiger partial charge in [-0.15, -0.1) is 5.10 Å². The van der Waals surface area contributed by atoms with Gasteiger partial charge in [0.2, 0.25) is 11.8 Å². The highest BCUT2D eigenvalue weighted by molar-refractivity contribution is 5.95. The first-order valence-electron chi connectivity index (χ1n) is 10.0. The molecule has 0 bridgehead atoms. The summed E-state index contributed by atoms with van der Waals surface area (Å²) in [7, 11) is 3.70. The van der Waals surface area contributed by atoms with Gasteiger partial charge in [-0.3, -0.25) is 4.68 Å². The van der Waals surface area contributed by atoms with Crippen molar-refractivity contribution in [2.45, 2.75) is 18.9 Å². The van der Waals surface area contributed by atoms with Crippen molar-refractivity contribution in [2.24, 2.45) is 0 Å². The first kappa shape index (κ1) is 18.7. The van der Waals surface area contributed by atoms with Crippen molar-refractivity contribution in [2.75, 3.05) is 27.2 Å². The van der Waals surface area contributed by atoms with E-state index < -0.39 is 5.95 Å². The fourth-order valence-electron chi connectivity index (χ4n) is 4.06. The zero-order valence-electron chi connectivity index (χ0n) is 17.0. The molecule has 0 amide bonds. The largest absolute Gasteiger partial charge is 0.481 e. The number of rotatable bonds is 4. The van der Waals surface area contributed by atoms with Crippen molar-refractivity contribution in [3.63, 3.8) is 0 Å². The number of fused-ring (bicyclic) bond motifs is 1. The van der Waals surface area contributed by atoms with E-state index in [0.29, 0.717) is 17.0 Å². The molecule has 1 aliphatic heterocycles. The minimum Gasteiger partial charge on any atom is -0.481 e. The molecule has 1 saturated heterocycles. The van der Waals surface area contributed by atoms with Crippen LogP contribution in [0, 0.1) is 5.95 Å². The number of hydrogen-bond donors (Lipinski definition) is 1. The summed E-state index contributed by atoms with van der Waals surface area (Å²) in [5, 5.41) is 5.08. The molecule has 0 saturated carbocycles. The summed E-state index contributed by atoms with van der Waals surface area (Å²) in [5.41, 5.74) is 3.82. The Morgan fingerprint density at radius 2 is 1.90 bits per heavy atom. The molecule has 0 unspecified atom stereocenters. The molecule has 8 heteroatoms. The lowest BCUT2D eigenvalue weighted by molar-refractivity contribution is 0.210. The number of likely N-dealkylation sites (tertiary alicyclic amines) is 1. The van der Waals surface area contributed by atoms with Crippen molar-refractivity contribution in [3.8, 4) is 28.1 Å². The topological polar surface area (TPSA) is 71.9 Å². The van der Waals surface area contributed by atoms with Crippen LogP contribution in [0.4, 0.5) is 4.39 Å². The third kappa shape index (κ3) is 3.33. The van der Waals surface area contributed by atoms with Crippen LogP contribution in [0.25, 0.3) is 33.3 Å². The monoisotopic (exact) mass is 406 g/mol. The fourth-order valence-corrected chi connectivity index (χ4v) is 4.06. The third-order valence-corrected chi connectivity index (χ3v) is 5.85. The van der Waals surface area contributed by atoms with Crippen LogP contribution in [0.5, 0.6) is 5.88 Å². The van der Waals surface area contributed by atoms with Crippen LogP contribution in [0.1, 0.15) is 18.9 Å². The van der Waals surface area contributed by atoms with Gasteiger partial charge in [-0.1, -0.05) is 0 Å². The molecule has 5 heterocycles. The van der Waals surface area contributed by atoms with Crippen LogP contribution in [0.2, 0.25) is 0 Å². The van der Waals surface area contributed by atoms with Crippen molar-refractivity contribution < 1.29 is 9.13 Å². The highest BCUT2D eigenvalue weighted by Gasteiger charge is 2.22. The normalized spacial score (nSPS) is 15.7. The van der Waals surface area contributed by atoms with Crippen molar-refractivity contribution in [3.05, 3.63) is 48.9 Å². The van der Waals surface area contributed by atoms with Crippen LogP contribution < -0.4 is 4.74 Å². The molecule has 1 aliphatic rings. The Morgan fingerprint density at radius 1 is 1.10 bits per heavy atom. The number of nitrogens with zero attached hydrogens (tertiary/aromatic N) is 5. The maximum atomic E-state index is 14.8. The molecule has 154 valence electrons. The maximum absolute atomic E-state index is 14.8. The van der Waals surface area contributed by atoms with Crippen molar-refractivity contribution in [1.29, 1.82) is 0 Å². The van der Waals surface area contributed by atoms with E-state index in [0.717, 1.165) is 48.1 Å². The number of H-pyrrole nitrogens is 1. The van der Waals surface area contributed by atoms with Crippen LogP contribution >= 0.6 is 0 Å². The van der Waals surface area contributed by atoms with Crippen LogP contribution in [0.3, 0.4) is 0 Å². The van der Waals surface area contributed by atoms with Gasteiger partial charge >= 0.3 is 0 Å². The Hall–Kier alpha value is -3.26. The number of aromatic nitrogens is 5. The number of aromatic amines is 1. The quantitative estimate of drug-likeness (QED) is 0.557. The lowest BCUT2D eigenvalue weighted by Crippen LogP contribution is -2.31. The molecule has 7 nitrogen and oxygen atoms in total. The third-order valence-electron chi connectivity index (χ3n) is 5.85. The van der Waals surface area contributed by atoms with E-state index in [4.69, 9.17) is 4.74 Å². The second kappa shape index (κ2) is 7.53. The number of ether oxygens (including phenoxy) is 1. The summed E-state index contributed by atoms with van der Waals surface area (Å²) < 4.78 is 21.7. The molecule has 4 aromatic heterocycles. The van der Waals surface area contributed by atoms with Gasteiger partial charge in [-0.05, 0) is 45.1 Å². The zero-order valence-corrected chi connectivity index (χ0v) is 17.0. The summed E-state index contributed by atoms with van der Waals surface area (Å²) in [6, 6.07) is 5.95. The van der Waals surface area contributed by atoms with Gasteiger partial charge in [0.05, 0.1) is 18.7 Å². The predicted octanol–water partition coefficient (Wildman–Crippen LogP) is 3.90. The second-order valence-electron chi connectivity index (χ2n) is 7.76. The molecule has 30 heavy (non-hydrogen) atoms. The van der Waals surface area contributed by atoms with E-state index in [1.54, 1.807) is 24.2 Å². The number of piperidine rings is 1. The molecule has 0 aliphatic carbocycles. The maximum Gasteiger partial charge on any atom is 0.240 e.